The van der Waals surface area contributed by atoms with Gasteiger partial charge in [0.05, 0.1) is 11.6 Å². The maximum absolute atomic E-state index is 6.08. The van der Waals surface area contributed by atoms with Crippen LogP contribution >= 0.6 is 11.8 Å². The zero-order valence-electron chi connectivity index (χ0n) is 10.7. The van der Waals surface area contributed by atoms with Crippen LogP contribution in [0.4, 0.5) is 0 Å². The third-order valence-corrected chi connectivity index (χ3v) is 4.93. The second-order valence-corrected chi connectivity index (χ2v) is 6.35. The molecule has 2 fully saturated rings. The molecule has 1 N–H and O–H groups in total. The minimum Gasteiger partial charge on any atom is -0.375 e. The average molecular weight is 253 g/mol. The maximum Gasteiger partial charge on any atom is 0.0713 e. The molecule has 17 heavy (non-hydrogen) atoms. The smallest absolute Gasteiger partial charge is 0.0713 e. The average Bonchev–Trinajstić information content (AvgIpc) is 2.37. The lowest BCUT2D eigenvalue weighted by Crippen LogP contribution is -2.50. The highest BCUT2D eigenvalue weighted by molar-refractivity contribution is 7.99. The highest BCUT2D eigenvalue weighted by Crippen LogP contribution is 2.37. The predicted octanol–water partition coefficient (Wildman–Crippen LogP) is 2.43. The summed E-state index contributed by atoms with van der Waals surface area (Å²) < 4.78 is 6.08. The molecular formula is C14H23NOS. The molecule has 0 saturated carbocycles. The Morgan fingerprint density at radius 3 is 2.94 bits per heavy atom. The Morgan fingerprint density at radius 1 is 1.53 bits per heavy atom. The van der Waals surface area contributed by atoms with Crippen molar-refractivity contribution in [3.8, 4) is 12.3 Å². The SMILES string of the molecule is C#CC(CC)NC1CCOC2(CCSCC2)C1. The van der Waals surface area contributed by atoms with Crippen molar-refractivity contribution in [1.29, 1.82) is 0 Å². The summed E-state index contributed by atoms with van der Waals surface area (Å²) in [6.45, 7) is 3.03. The van der Waals surface area contributed by atoms with Gasteiger partial charge >= 0.3 is 0 Å². The van der Waals surface area contributed by atoms with Gasteiger partial charge in [0.25, 0.3) is 0 Å². The van der Waals surface area contributed by atoms with E-state index in [1.165, 1.54) is 24.3 Å². The molecule has 0 aliphatic carbocycles. The van der Waals surface area contributed by atoms with Crippen molar-refractivity contribution >= 4 is 11.8 Å². The van der Waals surface area contributed by atoms with Gasteiger partial charge in [-0.1, -0.05) is 12.8 Å². The van der Waals surface area contributed by atoms with Crippen molar-refractivity contribution in [3.63, 3.8) is 0 Å². The number of hydrogen-bond donors (Lipinski definition) is 1. The van der Waals surface area contributed by atoms with Crippen LogP contribution in [0.25, 0.3) is 0 Å². The molecule has 2 nitrogen and oxygen atoms in total. The third-order valence-electron chi connectivity index (χ3n) is 3.94. The van der Waals surface area contributed by atoms with Gasteiger partial charge in [-0.25, -0.2) is 0 Å². The first-order valence-corrected chi connectivity index (χ1v) is 7.87. The van der Waals surface area contributed by atoms with E-state index in [2.05, 4.69) is 29.9 Å². The molecule has 0 amide bonds. The molecule has 2 heterocycles. The van der Waals surface area contributed by atoms with Gasteiger partial charge in [0, 0.05) is 12.6 Å². The van der Waals surface area contributed by atoms with Crippen LogP contribution in [0.15, 0.2) is 0 Å². The standard InChI is InChI=1S/C14H23NOS/c1-3-12(4-2)15-13-5-8-16-14(11-13)6-9-17-10-7-14/h1,12-13,15H,4-11H2,2H3. The first-order valence-electron chi connectivity index (χ1n) is 6.72. The van der Waals surface area contributed by atoms with Crippen molar-refractivity contribution < 1.29 is 4.74 Å². The molecule has 2 rings (SSSR count). The second-order valence-electron chi connectivity index (χ2n) is 5.13. The highest BCUT2D eigenvalue weighted by atomic mass is 32.2. The summed E-state index contributed by atoms with van der Waals surface area (Å²) >= 11 is 2.05. The maximum atomic E-state index is 6.08. The van der Waals surface area contributed by atoms with Crippen molar-refractivity contribution in [2.75, 3.05) is 18.1 Å². The molecule has 0 aromatic heterocycles. The lowest BCUT2D eigenvalue weighted by atomic mass is 9.85. The number of terminal acetylenes is 1. The summed E-state index contributed by atoms with van der Waals surface area (Å²) in [7, 11) is 0. The van der Waals surface area contributed by atoms with E-state index in [0.717, 1.165) is 25.9 Å². The zero-order valence-corrected chi connectivity index (χ0v) is 11.5. The largest absolute Gasteiger partial charge is 0.375 e. The molecule has 0 aromatic rings. The summed E-state index contributed by atoms with van der Waals surface area (Å²) in [5.74, 6) is 5.33. The summed E-state index contributed by atoms with van der Waals surface area (Å²) in [6, 6.07) is 0.779. The number of nitrogens with one attached hydrogen (secondary N) is 1. The summed E-state index contributed by atoms with van der Waals surface area (Å²) in [6.07, 6.45) is 11.2. The highest BCUT2D eigenvalue weighted by Gasteiger charge is 2.38. The molecular weight excluding hydrogens is 230 g/mol. The molecule has 2 saturated heterocycles. The van der Waals surface area contributed by atoms with E-state index in [1.807, 2.05) is 0 Å². The Labute approximate surface area is 109 Å². The number of thioether (sulfide) groups is 1. The Kier molecular flexibility index (Phi) is 4.78. The Morgan fingerprint density at radius 2 is 2.29 bits per heavy atom. The summed E-state index contributed by atoms with van der Waals surface area (Å²) in [5.41, 5.74) is 0.161. The fraction of sp³-hybridized carbons (Fsp3) is 0.857. The number of rotatable bonds is 3. The Bertz CT molecular complexity index is 275. The van der Waals surface area contributed by atoms with Gasteiger partial charge in [-0.15, -0.1) is 6.42 Å². The predicted molar refractivity (Wildman–Crippen MR) is 74.3 cm³/mol. The van der Waals surface area contributed by atoms with Crippen LogP contribution in [0.1, 0.15) is 39.0 Å². The first kappa shape index (κ1) is 13.3. The van der Waals surface area contributed by atoms with Gasteiger partial charge in [-0.05, 0) is 43.6 Å². The Balaban J connectivity index is 1.90. The van der Waals surface area contributed by atoms with E-state index < -0.39 is 0 Å². The molecule has 2 aliphatic rings. The van der Waals surface area contributed by atoms with Crippen molar-refractivity contribution in [2.45, 2.75) is 56.7 Å². The zero-order chi connectivity index (χ0) is 12.1. The van der Waals surface area contributed by atoms with Gasteiger partial charge in [0.2, 0.25) is 0 Å². The van der Waals surface area contributed by atoms with Crippen molar-refractivity contribution in [2.24, 2.45) is 0 Å². The van der Waals surface area contributed by atoms with Crippen LogP contribution in [0.5, 0.6) is 0 Å². The van der Waals surface area contributed by atoms with Gasteiger partial charge in [-0.3, -0.25) is 0 Å². The monoisotopic (exact) mass is 253 g/mol. The van der Waals surface area contributed by atoms with Crippen LogP contribution in [0.3, 0.4) is 0 Å². The third kappa shape index (κ3) is 3.40. The molecule has 0 radical (unpaired) electrons. The lowest BCUT2D eigenvalue weighted by molar-refractivity contribution is -0.0936. The molecule has 2 atom stereocenters. The van der Waals surface area contributed by atoms with Crippen molar-refractivity contribution in [1.82, 2.24) is 5.32 Å². The molecule has 0 bridgehead atoms. The van der Waals surface area contributed by atoms with E-state index in [0.29, 0.717) is 6.04 Å². The van der Waals surface area contributed by atoms with Crippen LogP contribution < -0.4 is 5.32 Å². The van der Waals surface area contributed by atoms with Gasteiger partial charge in [0.15, 0.2) is 0 Å². The van der Waals surface area contributed by atoms with Crippen LogP contribution in [-0.2, 0) is 4.74 Å². The quantitative estimate of drug-likeness (QED) is 0.781. The fourth-order valence-electron chi connectivity index (χ4n) is 2.83. The summed E-state index contributed by atoms with van der Waals surface area (Å²) in [5, 5.41) is 3.60. The van der Waals surface area contributed by atoms with Gasteiger partial charge in [0.1, 0.15) is 0 Å². The van der Waals surface area contributed by atoms with E-state index in [4.69, 9.17) is 11.2 Å². The van der Waals surface area contributed by atoms with E-state index in [-0.39, 0.29) is 11.6 Å². The van der Waals surface area contributed by atoms with Crippen LogP contribution in [0.2, 0.25) is 0 Å². The number of ether oxygens (including phenoxy) is 1. The van der Waals surface area contributed by atoms with Gasteiger partial charge < -0.3 is 10.1 Å². The lowest BCUT2D eigenvalue weighted by Gasteiger charge is -2.44. The number of hydrogen-bond acceptors (Lipinski definition) is 3. The normalized spacial score (nSPS) is 29.8. The first-order chi connectivity index (χ1) is 8.28. The minimum absolute atomic E-state index is 0.161. The minimum atomic E-state index is 0.161. The van der Waals surface area contributed by atoms with Gasteiger partial charge in [-0.2, -0.15) is 11.8 Å². The molecule has 2 unspecified atom stereocenters. The van der Waals surface area contributed by atoms with Crippen molar-refractivity contribution in [3.05, 3.63) is 0 Å². The molecule has 2 aliphatic heterocycles. The van der Waals surface area contributed by atoms with Crippen LogP contribution in [0, 0.1) is 12.3 Å². The molecule has 96 valence electrons. The molecule has 3 heteroatoms. The second kappa shape index (κ2) is 6.13. The molecule has 1 spiro atoms. The molecule has 0 aromatic carbocycles. The van der Waals surface area contributed by atoms with E-state index in [9.17, 15) is 0 Å². The van der Waals surface area contributed by atoms with Crippen LogP contribution in [-0.4, -0.2) is 35.8 Å². The Hall–Kier alpha value is -0.170. The fourth-order valence-corrected chi connectivity index (χ4v) is 4.07. The summed E-state index contributed by atoms with van der Waals surface area (Å²) in [4.78, 5) is 0. The topological polar surface area (TPSA) is 21.3 Å². The van der Waals surface area contributed by atoms with E-state index >= 15 is 0 Å². The van der Waals surface area contributed by atoms with E-state index in [1.54, 1.807) is 0 Å².